The molecule has 0 aliphatic heterocycles. The van der Waals surface area contributed by atoms with E-state index >= 15 is 0 Å². The Morgan fingerprint density at radius 1 is 1.40 bits per heavy atom. The van der Waals surface area contributed by atoms with E-state index in [9.17, 15) is 4.79 Å². The van der Waals surface area contributed by atoms with Crippen LogP contribution in [0.5, 0.6) is 0 Å². The maximum atomic E-state index is 9.96. The molecule has 0 radical (unpaired) electrons. The molecule has 0 bridgehead atoms. The van der Waals surface area contributed by atoms with Crippen LogP contribution in [0.3, 0.4) is 0 Å². The molecule has 0 heterocycles. The molecule has 0 N–H and O–H groups in total. The molecule has 1 atom stereocenters. The van der Waals surface area contributed by atoms with Gasteiger partial charge in [-0.15, -0.1) is 0 Å². The van der Waals surface area contributed by atoms with Crippen molar-refractivity contribution >= 4 is 25.2 Å². The number of carbonyl (C=O) groups is 1. The summed E-state index contributed by atoms with van der Waals surface area (Å²) in [6, 6.07) is 0. The molecule has 0 aliphatic carbocycles. The van der Waals surface area contributed by atoms with Crippen molar-refractivity contribution < 1.29 is 90.4 Å². The maximum Gasteiger partial charge on any atom is 1.00 e. The molecule has 0 aromatic carbocycles. The summed E-state index contributed by atoms with van der Waals surface area (Å²) in [5.74, 6) is -0.157. The van der Waals surface area contributed by atoms with Gasteiger partial charge in [0.1, 0.15) is 0 Å². The van der Waals surface area contributed by atoms with Gasteiger partial charge >= 0.3 is 65.1 Å². The second-order valence-electron chi connectivity index (χ2n) is 1.54. The second-order valence-corrected chi connectivity index (χ2v) is 4.81. The Balaban J connectivity index is -0.0000000718. The molecule has 0 aromatic heterocycles. The first-order valence-electron chi connectivity index (χ1n) is 2.88. The van der Waals surface area contributed by atoms with Gasteiger partial charge in [0.2, 0.25) is 0 Å². The first-order chi connectivity index (χ1) is 5.75. The van der Waals surface area contributed by atoms with E-state index in [1.807, 2.05) is 0 Å². The molecular formula is C4H8Na2O7S2. The summed E-state index contributed by atoms with van der Waals surface area (Å²) < 4.78 is 50.0. The van der Waals surface area contributed by atoms with Crippen LogP contribution in [0, 0.1) is 0 Å². The van der Waals surface area contributed by atoms with E-state index in [1.165, 1.54) is 7.11 Å². The summed E-state index contributed by atoms with van der Waals surface area (Å²) in [7, 11) is -7.21. The first kappa shape index (κ1) is 25.4. The number of hydrogen-bond donors (Lipinski definition) is 0. The van der Waals surface area contributed by atoms with Crippen LogP contribution in [0.25, 0.3) is 0 Å². The van der Waals surface area contributed by atoms with Gasteiger partial charge in [-0.2, -0.15) is 0 Å². The smallest absolute Gasteiger partial charge is 0.761 e. The van der Waals surface area contributed by atoms with E-state index in [-0.39, 0.29) is 65.1 Å². The van der Waals surface area contributed by atoms with Crippen molar-refractivity contribution in [2.75, 3.05) is 7.11 Å². The Bertz CT molecular complexity index is 269. The molecule has 0 rings (SSSR count). The molecule has 15 heavy (non-hydrogen) atoms. The Hall–Kier alpha value is 1.49. The summed E-state index contributed by atoms with van der Waals surface area (Å²) in [6.07, 6.45) is 0.469. The summed E-state index contributed by atoms with van der Waals surface area (Å²) in [5.41, 5.74) is 0. The largest absolute Gasteiger partial charge is 1.00 e. The zero-order chi connectivity index (χ0) is 11.1. The third-order valence-corrected chi connectivity index (χ3v) is 2.02. The molecule has 11 heteroatoms. The van der Waals surface area contributed by atoms with E-state index in [2.05, 4.69) is 4.74 Å². The molecular weight excluding hydrogens is 270 g/mol. The van der Waals surface area contributed by atoms with Crippen LogP contribution >= 0.6 is 0 Å². The number of methoxy groups -OCH3 is 1. The molecule has 80 valence electrons. The van der Waals surface area contributed by atoms with Gasteiger partial charge in [-0.1, -0.05) is 6.92 Å². The van der Waals surface area contributed by atoms with Gasteiger partial charge in [0.15, 0.2) is 9.15 Å². The minimum Gasteiger partial charge on any atom is -0.761 e. The first-order valence-corrected chi connectivity index (χ1v) is 5.88. The molecule has 0 aromatic rings. The van der Waals surface area contributed by atoms with Gasteiger partial charge in [0.05, 0.1) is 17.2 Å². The number of esters is 1. The second kappa shape index (κ2) is 13.6. The third-order valence-electron chi connectivity index (χ3n) is 0.683. The zero-order valence-corrected chi connectivity index (χ0v) is 14.5. The molecule has 1 unspecified atom stereocenters. The fraction of sp³-hybridized carbons (Fsp3) is 0.750. The average molecular weight is 278 g/mol. The fourth-order valence-corrected chi connectivity index (χ4v) is 0.144. The maximum absolute atomic E-state index is 9.96. The molecule has 0 saturated heterocycles. The third kappa shape index (κ3) is 21.4. The Morgan fingerprint density at radius 2 is 1.67 bits per heavy atom. The summed E-state index contributed by atoms with van der Waals surface area (Å²) >= 11 is 0. The van der Waals surface area contributed by atoms with Crippen molar-refractivity contribution in [1.29, 1.82) is 0 Å². The van der Waals surface area contributed by atoms with Crippen molar-refractivity contribution in [3.8, 4) is 0 Å². The quantitative estimate of drug-likeness (QED) is 0.162. The molecule has 0 spiro atoms. The van der Waals surface area contributed by atoms with Crippen LogP contribution in [-0.2, 0) is 28.8 Å². The van der Waals surface area contributed by atoms with Crippen molar-refractivity contribution in [2.24, 2.45) is 0 Å². The van der Waals surface area contributed by atoms with E-state index in [0.717, 1.165) is 0 Å². The van der Waals surface area contributed by atoms with E-state index < -0.39 is 19.3 Å². The van der Waals surface area contributed by atoms with Gasteiger partial charge in [-0.05, 0) is 0 Å². The zero-order valence-electron chi connectivity index (χ0n) is 8.88. The van der Waals surface area contributed by atoms with Crippen LogP contribution in [0.1, 0.15) is 13.3 Å². The van der Waals surface area contributed by atoms with Gasteiger partial charge < -0.3 is 13.8 Å². The van der Waals surface area contributed by atoms with Crippen LogP contribution in [0.15, 0.2) is 0 Å². The van der Waals surface area contributed by atoms with Crippen LogP contribution in [-0.4, -0.2) is 34.8 Å². The van der Waals surface area contributed by atoms with Crippen molar-refractivity contribution in [3.63, 3.8) is 0 Å². The molecule has 0 saturated carbocycles. The van der Waals surface area contributed by atoms with Gasteiger partial charge in [-0.3, -0.25) is 9.00 Å². The van der Waals surface area contributed by atoms with Crippen LogP contribution < -0.4 is 59.1 Å². The number of rotatable bonds is 2. The average Bonchev–Trinajstić information content (AvgIpc) is 2.02. The van der Waals surface area contributed by atoms with Crippen LogP contribution in [0.4, 0.5) is 0 Å². The topological polar surface area (TPSA) is 124 Å². The monoisotopic (exact) mass is 278 g/mol. The summed E-state index contributed by atoms with van der Waals surface area (Å²) in [5, 5.41) is 0. The number of ether oxygens (including phenoxy) is 1. The summed E-state index contributed by atoms with van der Waals surface area (Å²) in [4.78, 5) is 9.96. The van der Waals surface area contributed by atoms with Crippen molar-refractivity contribution in [2.45, 2.75) is 13.3 Å². The number of hydrogen-bond acceptors (Lipinski definition) is 7. The van der Waals surface area contributed by atoms with E-state index in [4.69, 9.17) is 21.7 Å². The van der Waals surface area contributed by atoms with Gasteiger partial charge in [0.25, 0.3) is 0 Å². The molecule has 7 nitrogen and oxygen atoms in total. The number of carbonyl (C=O) groups excluding carboxylic acids is 1. The predicted octanol–water partition coefficient (Wildman–Crippen LogP) is -7.10. The predicted molar refractivity (Wildman–Crippen MR) is 40.9 cm³/mol. The van der Waals surface area contributed by atoms with E-state index in [1.54, 1.807) is 6.92 Å². The molecule has 0 amide bonds. The Morgan fingerprint density at radius 3 is 1.67 bits per heavy atom. The minimum atomic E-state index is -5.07. The standard InChI is InChI=1S/C4H8O2.2Na.H2O5S2/c1-3-4(5)6-2;;;1-6(2)7(3,4)5/h3H2,1-2H3;;;(H,1,2)(H,3,4,5)/q;2*+1;/p-2. The van der Waals surface area contributed by atoms with Crippen molar-refractivity contribution in [3.05, 3.63) is 0 Å². The van der Waals surface area contributed by atoms with Crippen LogP contribution in [0.2, 0.25) is 0 Å². The molecule has 0 fully saturated rings. The SMILES string of the molecule is CCC(=O)OC.O=S([O-])S(=O)(=O)[O-].[Na+].[Na+]. The van der Waals surface area contributed by atoms with Gasteiger partial charge in [0, 0.05) is 6.42 Å². The minimum absolute atomic E-state index is 0. The normalized spacial score (nSPS) is 10.7. The van der Waals surface area contributed by atoms with E-state index in [0.29, 0.717) is 6.42 Å². The molecule has 0 aliphatic rings. The van der Waals surface area contributed by atoms with Crippen molar-refractivity contribution in [1.82, 2.24) is 0 Å². The fourth-order valence-electron chi connectivity index (χ4n) is 0.144. The summed E-state index contributed by atoms with van der Waals surface area (Å²) in [6.45, 7) is 1.76. The Kier molecular flexibility index (Phi) is 22.9. The van der Waals surface area contributed by atoms with Gasteiger partial charge in [-0.25, -0.2) is 8.42 Å². The Labute approximate surface area is 134 Å².